The van der Waals surface area contributed by atoms with Crippen molar-refractivity contribution in [3.05, 3.63) is 51.1 Å². The number of aromatic nitrogens is 2. The highest BCUT2D eigenvalue weighted by molar-refractivity contribution is 7.13. The van der Waals surface area contributed by atoms with Crippen LogP contribution in [-0.4, -0.2) is 59.1 Å². The predicted molar refractivity (Wildman–Crippen MR) is 112 cm³/mol. The minimum atomic E-state index is -0.103. The van der Waals surface area contributed by atoms with E-state index in [1.54, 1.807) is 28.4 Å². The molecule has 29 heavy (non-hydrogen) atoms. The number of amides is 1. The molecular formula is C19H18Cl2N4O3S. The van der Waals surface area contributed by atoms with Gasteiger partial charge in [-0.3, -0.25) is 9.69 Å². The minimum Gasteiger partial charge on any atom is -0.494 e. The Morgan fingerprint density at radius 3 is 2.59 bits per heavy atom. The molecule has 3 aromatic rings. The van der Waals surface area contributed by atoms with Crippen molar-refractivity contribution >= 4 is 40.4 Å². The van der Waals surface area contributed by atoms with Crippen LogP contribution in [-0.2, 0) is 6.54 Å². The molecule has 0 unspecified atom stereocenters. The first-order valence-electron chi connectivity index (χ1n) is 8.96. The fourth-order valence-electron chi connectivity index (χ4n) is 3.19. The zero-order valence-electron chi connectivity index (χ0n) is 15.6. The molecule has 152 valence electrons. The van der Waals surface area contributed by atoms with Gasteiger partial charge in [0.15, 0.2) is 5.75 Å². The van der Waals surface area contributed by atoms with Gasteiger partial charge < -0.3 is 14.2 Å². The molecule has 2 aromatic heterocycles. The first kappa shape index (κ1) is 20.2. The molecule has 10 heteroatoms. The van der Waals surface area contributed by atoms with E-state index in [2.05, 4.69) is 15.0 Å². The van der Waals surface area contributed by atoms with E-state index >= 15 is 0 Å². The lowest BCUT2D eigenvalue weighted by Gasteiger charge is -2.34. The van der Waals surface area contributed by atoms with E-state index in [-0.39, 0.29) is 5.91 Å². The number of methoxy groups -OCH3 is 1. The number of ether oxygens (including phenoxy) is 1. The van der Waals surface area contributed by atoms with Gasteiger partial charge in [0.2, 0.25) is 11.7 Å². The van der Waals surface area contributed by atoms with Crippen molar-refractivity contribution in [3.8, 4) is 16.5 Å². The molecule has 4 rings (SSSR count). The number of thiophene rings is 1. The van der Waals surface area contributed by atoms with E-state index in [9.17, 15) is 4.79 Å². The second-order valence-electron chi connectivity index (χ2n) is 6.53. The Balaban J connectivity index is 1.35. The lowest BCUT2D eigenvalue weighted by Crippen LogP contribution is -2.48. The van der Waals surface area contributed by atoms with Gasteiger partial charge in [0, 0.05) is 31.7 Å². The zero-order chi connectivity index (χ0) is 20.4. The van der Waals surface area contributed by atoms with Gasteiger partial charge in [0.05, 0.1) is 28.6 Å². The standard InChI is InChI=1S/C19H18Cl2N4O3S/c1-27-17-13(20)9-12(10-14(17)21)19(26)25-6-4-24(5-7-25)11-16-22-18(23-28-16)15-3-2-8-29-15/h2-3,8-10H,4-7,11H2,1H3. The summed E-state index contributed by atoms with van der Waals surface area (Å²) in [6.07, 6.45) is 0. The molecule has 0 bridgehead atoms. The highest BCUT2D eigenvalue weighted by Crippen LogP contribution is 2.34. The van der Waals surface area contributed by atoms with Crippen molar-refractivity contribution in [2.24, 2.45) is 0 Å². The molecule has 1 aliphatic heterocycles. The summed E-state index contributed by atoms with van der Waals surface area (Å²) in [5.41, 5.74) is 0.451. The fraction of sp³-hybridized carbons (Fsp3) is 0.316. The van der Waals surface area contributed by atoms with Gasteiger partial charge in [0.1, 0.15) is 0 Å². The lowest BCUT2D eigenvalue weighted by atomic mass is 10.1. The average Bonchev–Trinajstić information content (AvgIpc) is 3.39. The molecule has 1 fully saturated rings. The second kappa shape index (κ2) is 8.71. The average molecular weight is 453 g/mol. The Morgan fingerprint density at radius 1 is 1.24 bits per heavy atom. The van der Waals surface area contributed by atoms with Crippen molar-refractivity contribution in [1.29, 1.82) is 0 Å². The van der Waals surface area contributed by atoms with Gasteiger partial charge in [-0.2, -0.15) is 4.98 Å². The van der Waals surface area contributed by atoms with E-state index in [0.29, 0.717) is 65.8 Å². The summed E-state index contributed by atoms with van der Waals surface area (Å²) in [7, 11) is 1.49. The maximum absolute atomic E-state index is 12.8. The number of piperazine rings is 1. The van der Waals surface area contributed by atoms with Crippen LogP contribution in [0.1, 0.15) is 16.2 Å². The molecule has 1 amide bonds. The van der Waals surface area contributed by atoms with Crippen LogP contribution in [0.3, 0.4) is 0 Å². The number of benzene rings is 1. The third-order valence-electron chi connectivity index (χ3n) is 4.68. The molecule has 1 saturated heterocycles. The highest BCUT2D eigenvalue weighted by atomic mass is 35.5. The summed E-state index contributed by atoms with van der Waals surface area (Å²) < 4.78 is 10.5. The van der Waals surface area contributed by atoms with Crippen LogP contribution in [0.4, 0.5) is 0 Å². The van der Waals surface area contributed by atoms with Crippen molar-refractivity contribution in [2.45, 2.75) is 6.54 Å². The van der Waals surface area contributed by atoms with Gasteiger partial charge in [-0.1, -0.05) is 34.4 Å². The molecule has 0 aliphatic carbocycles. The molecule has 3 heterocycles. The number of rotatable bonds is 5. The van der Waals surface area contributed by atoms with E-state index in [1.165, 1.54) is 7.11 Å². The summed E-state index contributed by atoms with van der Waals surface area (Å²) in [6.45, 7) is 3.15. The Morgan fingerprint density at radius 2 is 1.97 bits per heavy atom. The molecular weight excluding hydrogens is 435 g/mol. The maximum Gasteiger partial charge on any atom is 0.254 e. The Kier molecular flexibility index (Phi) is 6.05. The van der Waals surface area contributed by atoms with Crippen molar-refractivity contribution in [2.75, 3.05) is 33.3 Å². The van der Waals surface area contributed by atoms with E-state index in [0.717, 1.165) is 4.88 Å². The molecule has 1 aromatic carbocycles. The number of hydrogen-bond donors (Lipinski definition) is 0. The van der Waals surface area contributed by atoms with E-state index in [1.807, 2.05) is 17.5 Å². The third kappa shape index (κ3) is 4.40. The van der Waals surface area contributed by atoms with Crippen LogP contribution < -0.4 is 4.74 Å². The molecule has 0 spiro atoms. The maximum atomic E-state index is 12.8. The van der Waals surface area contributed by atoms with Crippen molar-refractivity contribution in [1.82, 2.24) is 19.9 Å². The summed E-state index contributed by atoms with van der Waals surface area (Å²) in [5, 5.41) is 6.65. The number of carbonyl (C=O) groups excluding carboxylic acids is 1. The van der Waals surface area contributed by atoms with Gasteiger partial charge in [-0.25, -0.2) is 0 Å². The summed E-state index contributed by atoms with van der Waals surface area (Å²) >= 11 is 13.9. The largest absolute Gasteiger partial charge is 0.494 e. The molecule has 1 aliphatic rings. The SMILES string of the molecule is COc1c(Cl)cc(C(=O)N2CCN(Cc3nc(-c4cccs4)no3)CC2)cc1Cl. The molecule has 0 radical (unpaired) electrons. The highest BCUT2D eigenvalue weighted by Gasteiger charge is 2.25. The molecule has 0 saturated carbocycles. The minimum absolute atomic E-state index is 0.103. The quantitative estimate of drug-likeness (QED) is 0.580. The Labute approximate surface area is 181 Å². The van der Waals surface area contributed by atoms with Crippen molar-refractivity contribution < 1.29 is 14.1 Å². The van der Waals surface area contributed by atoms with Gasteiger partial charge in [0.25, 0.3) is 5.91 Å². The summed E-state index contributed by atoms with van der Waals surface area (Å²) in [5.74, 6) is 1.45. The normalized spacial score (nSPS) is 14.9. The molecule has 0 N–H and O–H groups in total. The monoisotopic (exact) mass is 452 g/mol. The number of nitrogens with zero attached hydrogens (tertiary/aromatic N) is 4. The Hall–Kier alpha value is -2.13. The van der Waals surface area contributed by atoms with Crippen LogP contribution in [0, 0.1) is 0 Å². The summed E-state index contributed by atoms with van der Waals surface area (Å²) in [6, 6.07) is 7.09. The van der Waals surface area contributed by atoms with Gasteiger partial charge in [-0.15, -0.1) is 11.3 Å². The topological polar surface area (TPSA) is 71.7 Å². The zero-order valence-corrected chi connectivity index (χ0v) is 17.9. The van der Waals surface area contributed by atoms with Crippen LogP contribution in [0.15, 0.2) is 34.2 Å². The number of hydrogen-bond acceptors (Lipinski definition) is 7. The van der Waals surface area contributed by atoms with Crippen LogP contribution in [0.25, 0.3) is 10.7 Å². The van der Waals surface area contributed by atoms with E-state index in [4.69, 9.17) is 32.5 Å². The number of halogens is 2. The van der Waals surface area contributed by atoms with Gasteiger partial charge >= 0.3 is 0 Å². The predicted octanol–water partition coefficient (Wildman–Crippen LogP) is 4.07. The lowest BCUT2D eigenvalue weighted by molar-refractivity contribution is 0.0615. The van der Waals surface area contributed by atoms with Crippen LogP contribution in [0.5, 0.6) is 5.75 Å². The third-order valence-corrected chi connectivity index (χ3v) is 6.10. The van der Waals surface area contributed by atoms with Crippen molar-refractivity contribution in [3.63, 3.8) is 0 Å². The van der Waals surface area contributed by atoms with E-state index < -0.39 is 0 Å². The Bertz CT molecular complexity index is 978. The smallest absolute Gasteiger partial charge is 0.254 e. The summed E-state index contributed by atoms with van der Waals surface area (Å²) in [4.78, 5) is 22.2. The second-order valence-corrected chi connectivity index (χ2v) is 8.29. The molecule has 7 nitrogen and oxygen atoms in total. The first-order chi connectivity index (χ1) is 14.0. The fourth-order valence-corrected chi connectivity index (χ4v) is 4.48. The van der Waals surface area contributed by atoms with Crippen LogP contribution >= 0.6 is 34.5 Å². The number of carbonyl (C=O) groups is 1. The van der Waals surface area contributed by atoms with Gasteiger partial charge in [-0.05, 0) is 23.6 Å². The molecule has 0 atom stereocenters. The van der Waals surface area contributed by atoms with Crippen LogP contribution in [0.2, 0.25) is 10.0 Å². The first-order valence-corrected chi connectivity index (χ1v) is 10.6.